The number of rotatable bonds is 3. The standard InChI is InChI=1S/C16H20N2O/c1-11-5-6-13(4-3-9-17)10-15(11)18-16(19)12(2)14-7-8-14/h5-6,10,12,14H,7-9,17H2,1-2H3,(H,18,19). The Kier molecular flexibility index (Phi) is 4.24. The van der Waals surface area contributed by atoms with Gasteiger partial charge in [0.25, 0.3) is 0 Å². The minimum atomic E-state index is 0.0955. The van der Waals surface area contributed by atoms with Crippen molar-refractivity contribution < 1.29 is 4.79 Å². The van der Waals surface area contributed by atoms with Gasteiger partial charge in [-0.15, -0.1) is 0 Å². The third kappa shape index (κ3) is 3.59. The highest BCUT2D eigenvalue weighted by atomic mass is 16.1. The molecule has 1 aliphatic carbocycles. The first-order valence-electron chi connectivity index (χ1n) is 6.72. The quantitative estimate of drug-likeness (QED) is 0.815. The SMILES string of the molecule is Cc1ccc(C#CCN)cc1NC(=O)C(C)C1CC1. The number of nitrogens with two attached hydrogens (primary N) is 1. The lowest BCUT2D eigenvalue weighted by Gasteiger charge is -2.13. The van der Waals surface area contributed by atoms with Crippen molar-refractivity contribution in [1.82, 2.24) is 0 Å². The number of nitrogens with one attached hydrogen (secondary N) is 1. The van der Waals surface area contributed by atoms with Gasteiger partial charge in [0.05, 0.1) is 6.54 Å². The number of amides is 1. The summed E-state index contributed by atoms with van der Waals surface area (Å²) < 4.78 is 0. The van der Waals surface area contributed by atoms with Gasteiger partial charge >= 0.3 is 0 Å². The molecular formula is C16H20N2O. The molecule has 0 radical (unpaired) electrons. The van der Waals surface area contributed by atoms with E-state index in [9.17, 15) is 4.79 Å². The molecule has 19 heavy (non-hydrogen) atoms. The average molecular weight is 256 g/mol. The predicted octanol–water partition coefficient (Wildman–Crippen LogP) is 2.29. The van der Waals surface area contributed by atoms with Crippen LogP contribution in [0.25, 0.3) is 0 Å². The molecule has 1 amide bonds. The highest BCUT2D eigenvalue weighted by Crippen LogP contribution is 2.37. The predicted molar refractivity (Wildman–Crippen MR) is 77.6 cm³/mol. The highest BCUT2D eigenvalue weighted by Gasteiger charge is 2.32. The largest absolute Gasteiger partial charge is 0.326 e. The summed E-state index contributed by atoms with van der Waals surface area (Å²) in [6.07, 6.45) is 2.35. The Morgan fingerprint density at radius 3 is 2.89 bits per heavy atom. The zero-order valence-corrected chi connectivity index (χ0v) is 11.5. The topological polar surface area (TPSA) is 55.1 Å². The molecule has 1 atom stereocenters. The van der Waals surface area contributed by atoms with Gasteiger partial charge < -0.3 is 11.1 Å². The second-order valence-electron chi connectivity index (χ2n) is 5.15. The number of anilines is 1. The van der Waals surface area contributed by atoms with Crippen LogP contribution in [-0.4, -0.2) is 12.5 Å². The molecule has 0 aliphatic heterocycles. The summed E-state index contributed by atoms with van der Waals surface area (Å²) in [5.74, 6) is 6.58. The van der Waals surface area contributed by atoms with Crippen LogP contribution in [0.2, 0.25) is 0 Å². The van der Waals surface area contributed by atoms with E-state index in [0.717, 1.165) is 16.8 Å². The molecular weight excluding hydrogens is 236 g/mol. The second-order valence-corrected chi connectivity index (χ2v) is 5.15. The lowest BCUT2D eigenvalue weighted by molar-refractivity contribution is -0.119. The van der Waals surface area contributed by atoms with Crippen LogP contribution in [0, 0.1) is 30.6 Å². The van der Waals surface area contributed by atoms with Crippen LogP contribution in [-0.2, 0) is 4.79 Å². The van der Waals surface area contributed by atoms with E-state index in [-0.39, 0.29) is 11.8 Å². The summed E-state index contributed by atoms with van der Waals surface area (Å²) in [7, 11) is 0. The van der Waals surface area contributed by atoms with Crippen molar-refractivity contribution in [2.24, 2.45) is 17.6 Å². The summed E-state index contributed by atoms with van der Waals surface area (Å²) in [5.41, 5.74) is 8.14. The fourth-order valence-electron chi connectivity index (χ4n) is 2.04. The summed E-state index contributed by atoms with van der Waals surface area (Å²) in [4.78, 5) is 12.1. The molecule has 2 rings (SSSR count). The van der Waals surface area contributed by atoms with E-state index < -0.39 is 0 Å². The fraction of sp³-hybridized carbons (Fsp3) is 0.438. The summed E-state index contributed by atoms with van der Waals surface area (Å²) in [6.45, 7) is 4.33. The van der Waals surface area contributed by atoms with Crippen molar-refractivity contribution >= 4 is 11.6 Å². The smallest absolute Gasteiger partial charge is 0.227 e. The zero-order valence-electron chi connectivity index (χ0n) is 11.5. The van der Waals surface area contributed by atoms with Crippen LogP contribution in [0.3, 0.4) is 0 Å². The molecule has 0 saturated heterocycles. The average Bonchev–Trinajstić information content (AvgIpc) is 3.23. The van der Waals surface area contributed by atoms with Crippen molar-refractivity contribution in [3.8, 4) is 11.8 Å². The molecule has 1 aromatic carbocycles. The summed E-state index contributed by atoms with van der Waals surface area (Å²) in [6, 6.07) is 5.82. The molecule has 0 heterocycles. The molecule has 1 fully saturated rings. The zero-order chi connectivity index (χ0) is 13.8. The minimum absolute atomic E-state index is 0.0955. The monoisotopic (exact) mass is 256 g/mol. The van der Waals surface area contributed by atoms with Crippen molar-refractivity contribution in [2.75, 3.05) is 11.9 Å². The molecule has 1 aromatic rings. The van der Waals surface area contributed by atoms with Crippen LogP contribution in [0.15, 0.2) is 18.2 Å². The Bertz CT molecular complexity index is 535. The van der Waals surface area contributed by atoms with Crippen LogP contribution < -0.4 is 11.1 Å². The molecule has 1 saturated carbocycles. The molecule has 0 bridgehead atoms. The maximum atomic E-state index is 12.1. The molecule has 3 N–H and O–H groups in total. The molecule has 3 nitrogen and oxygen atoms in total. The minimum Gasteiger partial charge on any atom is -0.326 e. The molecule has 1 aliphatic rings. The van der Waals surface area contributed by atoms with Gasteiger partial charge in [0, 0.05) is 17.2 Å². The van der Waals surface area contributed by atoms with Gasteiger partial charge in [-0.25, -0.2) is 0 Å². The van der Waals surface area contributed by atoms with Gasteiger partial charge in [0.1, 0.15) is 0 Å². The third-order valence-electron chi connectivity index (χ3n) is 3.57. The van der Waals surface area contributed by atoms with Crippen molar-refractivity contribution in [3.05, 3.63) is 29.3 Å². The first-order chi connectivity index (χ1) is 9.11. The van der Waals surface area contributed by atoms with Gasteiger partial charge in [0.2, 0.25) is 5.91 Å². The van der Waals surface area contributed by atoms with Gasteiger partial charge in [0.15, 0.2) is 0 Å². The third-order valence-corrected chi connectivity index (χ3v) is 3.57. The van der Waals surface area contributed by atoms with Crippen LogP contribution >= 0.6 is 0 Å². The Labute approximate surface area is 114 Å². The highest BCUT2D eigenvalue weighted by molar-refractivity contribution is 5.93. The molecule has 3 heteroatoms. The van der Waals surface area contributed by atoms with Crippen molar-refractivity contribution in [1.29, 1.82) is 0 Å². The normalized spacial score (nSPS) is 15.3. The molecule has 1 unspecified atom stereocenters. The van der Waals surface area contributed by atoms with E-state index in [1.807, 2.05) is 32.0 Å². The number of aryl methyl sites for hydroxylation is 1. The Hall–Kier alpha value is -1.79. The van der Waals surface area contributed by atoms with E-state index in [1.165, 1.54) is 12.8 Å². The van der Waals surface area contributed by atoms with Gasteiger partial charge in [-0.2, -0.15) is 0 Å². The molecule has 100 valence electrons. The van der Waals surface area contributed by atoms with Crippen molar-refractivity contribution in [2.45, 2.75) is 26.7 Å². The molecule has 0 aromatic heterocycles. The fourth-order valence-corrected chi connectivity index (χ4v) is 2.04. The maximum Gasteiger partial charge on any atom is 0.227 e. The Balaban J connectivity index is 2.11. The first kappa shape index (κ1) is 13.6. The van der Waals surface area contributed by atoms with E-state index in [2.05, 4.69) is 17.2 Å². The number of benzene rings is 1. The lowest BCUT2D eigenvalue weighted by atomic mass is 10.0. The lowest BCUT2D eigenvalue weighted by Crippen LogP contribution is -2.22. The second kappa shape index (κ2) is 5.90. The maximum absolute atomic E-state index is 12.1. The van der Waals surface area contributed by atoms with Crippen LogP contribution in [0.4, 0.5) is 5.69 Å². The first-order valence-corrected chi connectivity index (χ1v) is 6.72. The van der Waals surface area contributed by atoms with Gasteiger partial charge in [-0.05, 0) is 43.4 Å². The van der Waals surface area contributed by atoms with Gasteiger partial charge in [-0.3, -0.25) is 4.79 Å². The van der Waals surface area contributed by atoms with Crippen molar-refractivity contribution in [3.63, 3.8) is 0 Å². The Morgan fingerprint density at radius 1 is 1.53 bits per heavy atom. The van der Waals surface area contributed by atoms with E-state index in [4.69, 9.17) is 5.73 Å². The van der Waals surface area contributed by atoms with E-state index in [0.29, 0.717) is 12.5 Å². The van der Waals surface area contributed by atoms with E-state index >= 15 is 0 Å². The summed E-state index contributed by atoms with van der Waals surface area (Å²) >= 11 is 0. The Morgan fingerprint density at radius 2 is 2.26 bits per heavy atom. The number of hydrogen-bond donors (Lipinski definition) is 2. The number of carbonyl (C=O) groups excluding carboxylic acids is 1. The van der Waals surface area contributed by atoms with Gasteiger partial charge in [-0.1, -0.05) is 24.8 Å². The molecule has 0 spiro atoms. The van der Waals surface area contributed by atoms with E-state index in [1.54, 1.807) is 0 Å². The van der Waals surface area contributed by atoms with Crippen LogP contribution in [0.1, 0.15) is 30.9 Å². The number of hydrogen-bond acceptors (Lipinski definition) is 2. The van der Waals surface area contributed by atoms with Crippen LogP contribution in [0.5, 0.6) is 0 Å². The number of carbonyl (C=O) groups is 1. The summed E-state index contributed by atoms with van der Waals surface area (Å²) in [5, 5.41) is 3.01.